The molecule has 4 aliphatic heterocycles. The van der Waals surface area contributed by atoms with Gasteiger partial charge in [-0.05, 0) is 25.5 Å². The van der Waals surface area contributed by atoms with Gasteiger partial charge in [-0.3, -0.25) is 19.3 Å². The molecule has 0 aliphatic carbocycles. The summed E-state index contributed by atoms with van der Waals surface area (Å²) in [5.41, 5.74) is 3.26. The lowest BCUT2D eigenvalue weighted by Crippen LogP contribution is -2.44. The number of carbonyl (C=O) groups is 1. The molecule has 1 unspecified atom stereocenters. The highest BCUT2D eigenvalue weighted by Gasteiger charge is 2.35. The molecule has 1 amide bonds. The van der Waals surface area contributed by atoms with Crippen LogP contribution in [-0.4, -0.2) is 109 Å². The summed E-state index contributed by atoms with van der Waals surface area (Å²) < 4.78 is 27.8. The topological polar surface area (TPSA) is 63.1 Å². The molecule has 8 nitrogen and oxygen atoms in total. The van der Waals surface area contributed by atoms with Gasteiger partial charge in [-0.1, -0.05) is 12.1 Å². The molecule has 0 N–H and O–H groups in total. The third kappa shape index (κ3) is 4.81. The maximum atomic E-state index is 14.8. The Morgan fingerprint density at radius 2 is 1.78 bits per heavy atom. The predicted molar refractivity (Wildman–Crippen MR) is 136 cm³/mol. The smallest absolute Gasteiger partial charge is 0.274 e. The van der Waals surface area contributed by atoms with Crippen LogP contribution in [0.15, 0.2) is 23.1 Å². The fourth-order valence-corrected chi connectivity index (χ4v) is 6.86. The van der Waals surface area contributed by atoms with E-state index < -0.39 is 0 Å². The van der Waals surface area contributed by atoms with E-state index in [1.54, 1.807) is 6.07 Å². The van der Waals surface area contributed by atoms with E-state index >= 15 is 0 Å². The first-order chi connectivity index (χ1) is 17.7. The zero-order valence-corrected chi connectivity index (χ0v) is 21.5. The van der Waals surface area contributed by atoms with Crippen molar-refractivity contribution >= 4 is 17.7 Å². The number of hydrogen-bond donors (Lipinski definition) is 0. The lowest BCUT2D eigenvalue weighted by molar-refractivity contribution is 0.0294. The number of halogens is 1. The van der Waals surface area contributed by atoms with Gasteiger partial charge >= 0.3 is 0 Å². The number of likely N-dealkylation sites (tertiary alicyclic amines) is 1. The van der Waals surface area contributed by atoms with Crippen LogP contribution in [-0.2, 0) is 15.2 Å². The quantitative estimate of drug-likeness (QED) is 0.607. The molecule has 2 aromatic rings. The van der Waals surface area contributed by atoms with E-state index in [9.17, 15) is 9.18 Å². The summed E-state index contributed by atoms with van der Waals surface area (Å²) in [7, 11) is 0. The Balaban J connectivity index is 1.30. The third-order valence-corrected chi connectivity index (χ3v) is 8.89. The number of nitrogens with zero attached hydrogens (tertiary/aromatic N) is 5. The summed E-state index contributed by atoms with van der Waals surface area (Å²) >= 11 is 1.47. The molecule has 3 saturated heterocycles. The summed E-state index contributed by atoms with van der Waals surface area (Å²) in [5, 5.41) is 5.00. The average Bonchev–Trinajstić information content (AvgIpc) is 3.33. The molecule has 6 rings (SSSR count). The Morgan fingerprint density at radius 1 is 1.03 bits per heavy atom. The second-order valence-electron chi connectivity index (χ2n) is 9.98. The number of morpholine rings is 2. The van der Waals surface area contributed by atoms with Crippen molar-refractivity contribution in [3.05, 3.63) is 35.3 Å². The Morgan fingerprint density at radius 3 is 2.58 bits per heavy atom. The van der Waals surface area contributed by atoms with E-state index in [-0.39, 0.29) is 17.8 Å². The first-order valence-corrected chi connectivity index (χ1v) is 14.1. The van der Waals surface area contributed by atoms with Crippen LogP contribution in [0.25, 0.3) is 11.3 Å². The van der Waals surface area contributed by atoms with E-state index in [1.807, 2.05) is 11.0 Å². The van der Waals surface area contributed by atoms with Crippen molar-refractivity contribution in [3.63, 3.8) is 0 Å². The fourth-order valence-electron chi connectivity index (χ4n) is 5.77. The maximum Gasteiger partial charge on any atom is 0.274 e. The minimum absolute atomic E-state index is 0.0336. The minimum atomic E-state index is -0.201. The van der Waals surface area contributed by atoms with Gasteiger partial charge < -0.3 is 14.4 Å². The average molecular weight is 516 g/mol. The van der Waals surface area contributed by atoms with Gasteiger partial charge in [0, 0.05) is 62.7 Å². The normalized spacial score (nSPS) is 23.4. The highest BCUT2D eigenvalue weighted by Crippen LogP contribution is 2.45. The van der Waals surface area contributed by atoms with Gasteiger partial charge in [-0.25, -0.2) is 4.39 Å². The lowest BCUT2D eigenvalue weighted by atomic mass is 10.0. The molecular formula is C26H34FN5O3S. The molecule has 0 saturated carbocycles. The van der Waals surface area contributed by atoms with Crippen LogP contribution >= 0.6 is 11.8 Å². The summed E-state index contributed by atoms with van der Waals surface area (Å²) in [6.45, 7) is 9.91. The zero-order chi connectivity index (χ0) is 24.5. The second-order valence-corrected chi connectivity index (χ2v) is 11.0. The standard InChI is InChI=1S/C26H34FN5O3S/c27-22-5-1-4-20-24-21(18-36-25(20)22)23(26(33)31-11-15-35-16-12-31)28-32(24)19-3-2-6-30(17-19)8-7-29-9-13-34-14-10-29/h1,4-5,19H,2-3,6-18H2. The van der Waals surface area contributed by atoms with Crippen LogP contribution in [0.1, 0.15) is 34.9 Å². The molecule has 3 fully saturated rings. The summed E-state index contributed by atoms with van der Waals surface area (Å²) in [6.07, 6.45) is 2.09. The first kappa shape index (κ1) is 24.4. The Labute approximate surface area is 215 Å². The molecule has 0 bridgehead atoms. The molecule has 0 radical (unpaired) electrons. The Kier molecular flexibility index (Phi) is 7.30. The van der Waals surface area contributed by atoms with E-state index in [2.05, 4.69) is 14.5 Å². The lowest BCUT2D eigenvalue weighted by Gasteiger charge is -2.36. The van der Waals surface area contributed by atoms with Crippen LogP contribution in [0, 0.1) is 5.82 Å². The Bertz CT molecular complexity index is 1100. The summed E-state index contributed by atoms with van der Waals surface area (Å²) in [4.78, 5) is 21.1. The van der Waals surface area contributed by atoms with Crippen molar-refractivity contribution in [2.45, 2.75) is 29.5 Å². The van der Waals surface area contributed by atoms with Gasteiger partial charge in [-0.2, -0.15) is 5.10 Å². The molecule has 1 atom stereocenters. The van der Waals surface area contributed by atoms with Gasteiger partial charge in [0.25, 0.3) is 5.91 Å². The van der Waals surface area contributed by atoms with E-state index in [4.69, 9.17) is 14.6 Å². The Hall–Kier alpha value is -1.98. The van der Waals surface area contributed by atoms with Crippen LogP contribution in [0.3, 0.4) is 0 Å². The molecule has 36 heavy (non-hydrogen) atoms. The molecule has 0 spiro atoms. The van der Waals surface area contributed by atoms with E-state index in [0.29, 0.717) is 42.6 Å². The molecule has 4 aliphatic rings. The minimum Gasteiger partial charge on any atom is -0.379 e. The number of thioether (sulfide) groups is 1. The molecule has 5 heterocycles. The van der Waals surface area contributed by atoms with Crippen LogP contribution in [0.4, 0.5) is 4.39 Å². The maximum absolute atomic E-state index is 14.8. The number of carbonyl (C=O) groups excluding carboxylic acids is 1. The van der Waals surface area contributed by atoms with Gasteiger partial charge in [0.15, 0.2) is 5.69 Å². The second kappa shape index (κ2) is 10.8. The number of piperidine rings is 1. The van der Waals surface area contributed by atoms with Crippen molar-refractivity contribution in [2.75, 3.05) is 78.8 Å². The van der Waals surface area contributed by atoms with Gasteiger partial charge in [0.1, 0.15) is 5.82 Å². The first-order valence-electron chi connectivity index (χ1n) is 13.1. The number of benzene rings is 1. The molecule has 194 valence electrons. The number of aromatic nitrogens is 2. The van der Waals surface area contributed by atoms with Crippen molar-refractivity contribution < 1.29 is 18.7 Å². The SMILES string of the molecule is O=C(c1nn(C2CCCN(CCN3CCOCC3)C2)c2c1CSc1c(F)cccc1-2)N1CCOCC1. The largest absolute Gasteiger partial charge is 0.379 e. The predicted octanol–water partition coefficient (Wildman–Crippen LogP) is 2.74. The fraction of sp³-hybridized carbons (Fsp3) is 0.615. The van der Waals surface area contributed by atoms with Crippen LogP contribution in [0.5, 0.6) is 0 Å². The highest BCUT2D eigenvalue weighted by atomic mass is 32.2. The summed E-state index contributed by atoms with van der Waals surface area (Å²) in [6, 6.07) is 5.41. The third-order valence-electron chi connectivity index (χ3n) is 7.76. The van der Waals surface area contributed by atoms with Crippen molar-refractivity contribution in [3.8, 4) is 11.3 Å². The van der Waals surface area contributed by atoms with Crippen molar-refractivity contribution in [1.29, 1.82) is 0 Å². The van der Waals surface area contributed by atoms with Crippen molar-refractivity contribution in [1.82, 2.24) is 24.5 Å². The number of rotatable bonds is 5. The van der Waals surface area contributed by atoms with Crippen LogP contribution in [0.2, 0.25) is 0 Å². The van der Waals surface area contributed by atoms with E-state index in [1.165, 1.54) is 17.8 Å². The van der Waals surface area contributed by atoms with Crippen LogP contribution < -0.4 is 0 Å². The molecule has 1 aromatic carbocycles. The monoisotopic (exact) mass is 515 g/mol. The molecule has 10 heteroatoms. The molecule has 1 aromatic heterocycles. The number of ether oxygens (including phenoxy) is 2. The number of fused-ring (bicyclic) bond motifs is 3. The summed E-state index contributed by atoms with van der Waals surface area (Å²) in [5.74, 6) is 0.323. The highest BCUT2D eigenvalue weighted by molar-refractivity contribution is 7.98. The number of amides is 1. The van der Waals surface area contributed by atoms with Gasteiger partial charge in [0.2, 0.25) is 0 Å². The van der Waals surface area contributed by atoms with Crippen molar-refractivity contribution in [2.24, 2.45) is 0 Å². The van der Waals surface area contributed by atoms with E-state index in [0.717, 1.165) is 82.1 Å². The zero-order valence-electron chi connectivity index (χ0n) is 20.7. The molecular weight excluding hydrogens is 481 g/mol. The van der Waals surface area contributed by atoms with Gasteiger partial charge in [0.05, 0.1) is 43.1 Å². The van der Waals surface area contributed by atoms with Gasteiger partial charge in [-0.15, -0.1) is 11.8 Å². The number of hydrogen-bond acceptors (Lipinski definition) is 7.